The Labute approximate surface area is 119 Å². The number of carboxylic acid groups (broad SMARTS) is 1. The molecule has 0 aliphatic carbocycles. The van der Waals surface area contributed by atoms with Crippen LogP contribution in [-0.2, 0) is 13.0 Å². The summed E-state index contributed by atoms with van der Waals surface area (Å²) in [6.45, 7) is 8.34. The Morgan fingerprint density at radius 3 is 2.60 bits per heavy atom. The molecule has 1 aromatic heterocycles. The zero-order valence-corrected chi connectivity index (χ0v) is 12.4. The van der Waals surface area contributed by atoms with Crippen molar-refractivity contribution in [1.29, 1.82) is 0 Å². The first-order chi connectivity index (χ1) is 9.58. The third-order valence-electron chi connectivity index (χ3n) is 3.68. The molecular weight excluding hydrogens is 256 g/mol. The third-order valence-corrected chi connectivity index (χ3v) is 3.68. The SMILES string of the molecule is CC(C)Cc1c(C(=O)O)nnn1CCCN1CCCC1. The normalized spacial score (nSPS) is 16.1. The largest absolute Gasteiger partial charge is 0.476 e. The summed E-state index contributed by atoms with van der Waals surface area (Å²) in [4.78, 5) is 13.6. The Balaban J connectivity index is 1.96. The molecule has 0 atom stereocenters. The summed E-state index contributed by atoms with van der Waals surface area (Å²) < 4.78 is 1.78. The minimum atomic E-state index is -0.980. The summed E-state index contributed by atoms with van der Waals surface area (Å²) in [6, 6.07) is 0. The van der Waals surface area contributed by atoms with Gasteiger partial charge in [-0.15, -0.1) is 5.10 Å². The van der Waals surface area contributed by atoms with Gasteiger partial charge in [0.05, 0.1) is 5.69 Å². The van der Waals surface area contributed by atoms with Gasteiger partial charge in [0, 0.05) is 6.54 Å². The molecule has 0 bridgehead atoms. The first kappa shape index (κ1) is 15.0. The summed E-state index contributed by atoms with van der Waals surface area (Å²) in [5, 5.41) is 17.0. The van der Waals surface area contributed by atoms with E-state index in [1.807, 2.05) is 0 Å². The molecule has 112 valence electrons. The first-order valence-corrected chi connectivity index (χ1v) is 7.46. The van der Waals surface area contributed by atoms with Gasteiger partial charge in [-0.25, -0.2) is 9.48 Å². The van der Waals surface area contributed by atoms with Crippen molar-refractivity contribution in [3.05, 3.63) is 11.4 Å². The summed E-state index contributed by atoms with van der Waals surface area (Å²) in [7, 11) is 0. The fraction of sp³-hybridized carbons (Fsp3) is 0.786. The van der Waals surface area contributed by atoms with E-state index in [0.717, 1.165) is 25.2 Å². The molecule has 0 amide bonds. The van der Waals surface area contributed by atoms with Crippen LogP contribution in [0.25, 0.3) is 0 Å². The van der Waals surface area contributed by atoms with Gasteiger partial charge in [0.25, 0.3) is 0 Å². The van der Waals surface area contributed by atoms with Gasteiger partial charge in [-0.1, -0.05) is 19.1 Å². The zero-order valence-electron chi connectivity index (χ0n) is 12.4. The first-order valence-electron chi connectivity index (χ1n) is 7.46. The highest BCUT2D eigenvalue weighted by Gasteiger charge is 2.20. The maximum atomic E-state index is 11.2. The van der Waals surface area contributed by atoms with Crippen LogP contribution in [0.2, 0.25) is 0 Å². The van der Waals surface area contributed by atoms with Crippen LogP contribution in [0.5, 0.6) is 0 Å². The molecule has 0 aromatic carbocycles. The molecule has 6 heteroatoms. The van der Waals surface area contributed by atoms with Crippen molar-refractivity contribution in [1.82, 2.24) is 19.9 Å². The Morgan fingerprint density at radius 1 is 1.30 bits per heavy atom. The predicted octanol–water partition coefficient (Wildman–Crippen LogP) is 1.66. The molecule has 1 aliphatic rings. The van der Waals surface area contributed by atoms with E-state index in [4.69, 9.17) is 5.11 Å². The average molecular weight is 280 g/mol. The zero-order chi connectivity index (χ0) is 14.5. The number of likely N-dealkylation sites (tertiary alicyclic amines) is 1. The summed E-state index contributed by atoms with van der Waals surface area (Å²) in [5.41, 5.74) is 0.869. The molecule has 20 heavy (non-hydrogen) atoms. The second-order valence-corrected chi connectivity index (χ2v) is 5.91. The lowest BCUT2D eigenvalue weighted by Crippen LogP contribution is -2.22. The summed E-state index contributed by atoms with van der Waals surface area (Å²) in [5.74, 6) is -0.588. The third kappa shape index (κ3) is 3.79. The lowest BCUT2D eigenvalue weighted by molar-refractivity contribution is 0.0689. The van der Waals surface area contributed by atoms with Crippen molar-refractivity contribution in [3.63, 3.8) is 0 Å². The Bertz CT molecular complexity index is 450. The molecule has 1 fully saturated rings. The van der Waals surface area contributed by atoms with E-state index in [1.165, 1.54) is 25.9 Å². The lowest BCUT2D eigenvalue weighted by Gasteiger charge is -2.15. The molecule has 1 saturated heterocycles. The van der Waals surface area contributed by atoms with E-state index in [-0.39, 0.29) is 5.69 Å². The number of hydrogen-bond acceptors (Lipinski definition) is 4. The summed E-state index contributed by atoms with van der Waals surface area (Å²) in [6.07, 6.45) is 4.29. The highest BCUT2D eigenvalue weighted by Crippen LogP contribution is 2.13. The minimum Gasteiger partial charge on any atom is -0.476 e. The van der Waals surface area contributed by atoms with Gasteiger partial charge >= 0.3 is 5.97 Å². The number of carbonyl (C=O) groups is 1. The second kappa shape index (κ2) is 6.83. The quantitative estimate of drug-likeness (QED) is 0.822. The fourth-order valence-electron chi connectivity index (χ4n) is 2.72. The van der Waals surface area contributed by atoms with Gasteiger partial charge in [-0.2, -0.15) is 0 Å². The van der Waals surface area contributed by atoms with Crippen LogP contribution in [0, 0.1) is 5.92 Å². The van der Waals surface area contributed by atoms with Gasteiger partial charge in [0.15, 0.2) is 5.69 Å². The van der Waals surface area contributed by atoms with Crippen molar-refractivity contribution < 1.29 is 9.90 Å². The topological polar surface area (TPSA) is 71.2 Å². The van der Waals surface area contributed by atoms with Crippen LogP contribution in [0.3, 0.4) is 0 Å². The molecule has 2 rings (SSSR count). The monoisotopic (exact) mass is 280 g/mol. The second-order valence-electron chi connectivity index (χ2n) is 5.91. The van der Waals surface area contributed by atoms with E-state index >= 15 is 0 Å². The highest BCUT2D eigenvalue weighted by atomic mass is 16.4. The Morgan fingerprint density at radius 2 is 2.00 bits per heavy atom. The van der Waals surface area contributed by atoms with Crippen molar-refractivity contribution in [3.8, 4) is 0 Å². The van der Waals surface area contributed by atoms with Crippen LogP contribution in [-0.4, -0.2) is 50.6 Å². The predicted molar refractivity (Wildman–Crippen MR) is 75.8 cm³/mol. The van der Waals surface area contributed by atoms with Crippen LogP contribution in [0.4, 0.5) is 0 Å². The van der Waals surface area contributed by atoms with Crippen LogP contribution in [0.15, 0.2) is 0 Å². The number of nitrogens with zero attached hydrogens (tertiary/aromatic N) is 4. The standard InChI is InChI=1S/C14H24N4O2/c1-11(2)10-12-13(14(19)20)15-16-18(12)9-5-8-17-6-3-4-7-17/h11H,3-10H2,1-2H3,(H,19,20). The Kier molecular flexibility index (Phi) is 5.11. The molecule has 0 radical (unpaired) electrons. The van der Waals surface area contributed by atoms with Crippen molar-refractivity contribution >= 4 is 5.97 Å². The lowest BCUT2D eigenvalue weighted by atomic mass is 10.1. The van der Waals surface area contributed by atoms with Gasteiger partial charge < -0.3 is 10.0 Å². The van der Waals surface area contributed by atoms with Crippen LogP contribution < -0.4 is 0 Å². The maximum absolute atomic E-state index is 11.2. The van der Waals surface area contributed by atoms with Gasteiger partial charge in [-0.3, -0.25) is 0 Å². The van der Waals surface area contributed by atoms with E-state index in [2.05, 4.69) is 29.1 Å². The molecule has 2 heterocycles. The highest BCUT2D eigenvalue weighted by molar-refractivity contribution is 5.86. The number of carboxylic acids is 1. The number of rotatable bonds is 7. The maximum Gasteiger partial charge on any atom is 0.358 e. The molecular formula is C14H24N4O2. The van der Waals surface area contributed by atoms with E-state index < -0.39 is 5.97 Å². The van der Waals surface area contributed by atoms with E-state index in [1.54, 1.807) is 4.68 Å². The van der Waals surface area contributed by atoms with Crippen molar-refractivity contribution in [2.75, 3.05) is 19.6 Å². The smallest absolute Gasteiger partial charge is 0.358 e. The molecule has 0 unspecified atom stereocenters. The molecule has 0 saturated carbocycles. The van der Waals surface area contributed by atoms with E-state index in [9.17, 15) is 4.79 Å². The average Bonchev–Trinajstić information content (AvgIpc) is 2.99. The molecule has 0 spiro atoms. The van der Waals surface area contributed by atoms with Crippen LogP contribution in [0.1, 0.15) is 49.3 Å². The number of aromatic nitrogens is 3. The minimum absolute atomic E-state index is 0.111. The summed E-state index contributed by atoms with van der Waals surface area (Å²) >= 11 is 0. The fourth-order valence-corrected chi connectivity index (χ4v) is 2.72. The van der Waals surface area contributed by atoms with Crippen molar-refractivity contribution in [2.45, 2.75) is 46.1 Å². The van der Waals surface area contributed by atoms with E-state index in [0.29, 0.717) is 12.3 Å². The number of hydrogen-bond donors (Lipinski definition) is 1. The molecule has 1 aliphatic heterocycles. The van der Waals surface area contributed by atoms with Gasteiger partial charge in [0.2, 0.25) is 0 Å². The molecule has 1 N–H and O–H groups in total. The molecule has 6 nitrogen and oxygen atoms in total. The van der Waals surface area contributed by atoms with Gasteiger partial charge in [-0.05, 0) is 51.2 Å². The number of aromatic carboxylic acids is 1. The molecule has 1 aromatic rings. The number of aryl methyl sites for hydroxylation is 1. The van der Waals surface area contributed by atoms with Gasteiger partial charge in [0.1, 0.15) is 0 Å². The van der Waals surface area contributed by atoms with Crippen LogP contribution >= 0.6 is 0 Å². The Hall–Kier alpha value is -1.43. The van der Waals surface area contributed by atoms with Crippen molar-refractivity contribution in [2.24, 2.45) is 5.92 Å².